The number of aryl methyl sites for hydroxylation is 1. The smallest absolute Gasteiger partial charge is 0.255 e. The van der Waals surface area contributed by atoms with E-state index in [1.165, 1.54) is 16.2 Å². The SMILES string of the molecule is CN(C)Cc1ccnc(CSCCNc2ncc(Cc3ccn(C)c(=O)c3)c(=O)[nH]2)c1. The van der Waals surface area contributed by atoms with Gasteiger partial charge in [0.1, 0.15) is 0 Å². The van der Waals surface area contributed by atoms with Gasteiger partial charge >= 0.3 is 0 Å². The van der Waals surface area contributed by atoms with E-state index in [1.54, 1.807) is 31.2 Å². The minimum absolute atomic E-state index is 0.0997. The first kappa shape index (κ1) is 22.8. The predicted molar refractivity (Wildman–Crippen MR) is 126 cm³/mol. The molecule has 31 heavy (non-hydrogen) atoms. The molecule has 0 bridgehead atoms. The third-order valence-corrected chi connectivity index (χ3v) is 5.60. The van der Waals surface area contributed by atoms with Crippen molar-refractivity contribution in [1.29, 1.82) is 0 Å². The van der Waals surface area contributed by atoms with Gasteiger partial charge in [-0.05, 0) is 43.4 Å². The Morgan fingerprint density at radius 1 is 1.16 bits per heavy atom. The summed E-state index contributed by atoms with van der Waals surface area (Å²) in [4.78, 5) is 37.7. The van der Waals surface area contributed by atoms with Gasteiger partial charge in [-0.25, -0.2) is 4.98 Å². The molecule has 3 aromatic rings. The van der Waals surface area contributed by atoms with Gasteiger partial charge in [0.15, 0.2) is 0 Å². The second-order valence-electron chi connectivity index (χ2n) is 7.62. The number of hydrogen-bond donors (Lipinski definition) is 2. The summed E-state index contributed by atoms with van der Waals surface area (Å²) < 4.78 is 1.49. The highest BCUT2D eigenvalue weighted by molar-refractivity contribution is 7.98. The van der Waals surface area contributed by atoms with Crippen LogP contribution >= 0.6 is 11.8 Å². The fourth-order valence-corrected chi connectivity index (χ4v) is 3.80. The minimum Gasteiger partial charge on any atom is -0.355 e. The van der Waals surface area contributed by atoms with Gasteiger partial charge in [-0.15, -0.1) is 0 Å². The predicted octanol–water partition coefficient (Wildman–Crippen LogP) is 1.86. The third kappa shape index (κ3) is 7.08. The Morgan fingerprint density at radius 2 is 2.00 bits per heavy atom. The van der Waals surface area contributed by atoms with E-state index < -0.39 is 0 Å². The summed E-state index contributed by atoms with van der Waals surface area (Å²) in [5.41, 5.74) is 3.33. The van der Waals surface area contributed by atoms with E-state index in [4.69, 9.17) is 0 Å². The maximum absolute atomic E-state index is 12.3. The van der Waals surface area contributed by atoms with Crippen LogP contribution in [0.5, 0.6) is 0 Å². The van der Waals surface area contributed by atoms with Gasteiger partial charge in [-0.2, -0.15) is 11.8 Å². The average Bonchev–Trinajstić information content (AvgIpc) is 2.72. The Hall–Kier alpha value is -2.91. The molecular weight excluding hydrogens is 412 g/mol. The number of hydrogen-bond acceptors (Lipinski definition) is 7. The van der Waals surface area contributed by atoms with Gasteiger partial charge in [0, 0.05) is 68.3 Å². The van der Waals surface area contributed by atoms with E-state index in [1.807, 2.05) is 18.3 Å². The van der Waals surface area contributed by atoms with E-state index in [9.17, 15) is 9.59 Å². The maximum Gasteiger partial charge on any atom is 0.255 e. The number of H-pyrrole nitrogens is 1. The quantitative estimate of drug-likeness (QED) is 0.465. The molecule has 0 amide bonds. The molecular formula is C22H28N6O2S. The summed E-state index contributed by atoms with van der Waals surface area (Å²) in [6.07, 6.45) is 5.48. The lowest BCUT2D eigenvalue weighted by molar-refractivity contribution is 0.402. The number of rotatable bonds is 10. The molecule has 0 atom stereocenters. The molecule has 0 radical (unpaired) electrons. The largest absolute Gasteiger partial charge is 0.355 e. The lowest BCUT2D eigenvalue weighted by Gasteiger charge is -2.10. The molecule has 3 heterocycles. The van der Waals surface area contributed by atoms with Gasteiger partial charge in [-0.3, -0.25) is 19.6 Å². The highest BCUT2D eigenvalue weighted by Gasteiger charge is 2.06. The summed E-state index contributed by atoms with van der Waals surface area (Å²) in [7, 11) is 5.79. The number of nitrogens with zero attached hydrogens (tertiary/aromatic N) is 4. The Bertz CT molecular complexity index is 1130. The second kappa shape index (κ2) is 10.9. The summed E-state index contributed by atoms with van der Waals surface area (Å²) in [6.45, 7) is 1.58. The summed E-state index contributed by atoms with van der Waals surface area (Å²) in [5.74, 6) is 2.14. The molecule has 9 heteroatoms. The number of aromatic nitrogens is 4. The molecule has 0 spiro atoms. The Kier molecular flexibility index (Phi) is 8.02. The van der Waals surface area contributed by atoms with Crippen LogP contribution in [0.4, 0.5) is 5.95 Å². The van der Waals surface area contributed by atoms with Crippen molar-refractivity contribution in [2.45, 2.75) is 18.7 Å². The molecule has 3 aromatic heterocycles. The zero-order valence-electron chi connectivity index (χ0n) is 18.1. The number of thioether (sulfide) groups is 1. The highest BCUT2D eigenvalue weighted by Crippen LogP contribution is 2.12. The molecule has 0 saturated heterocycles. The van der Waals surface area contributed by atoms with E-state index in [2.05, 4.69) is 45.3 Å². The molecule has 0 aromatic carbocycles. The standard InChI is InChI=1S/C22H28N6O2S/c1-27(2)14-17-4-6-23-19(11-17)15-31-9-7-24-22-25-13-18(21(30)26-22)10-16-5-8-28(3)20(29)12-16/h4-6,8,11-13H,7,9-10,14-15H2,1-3H3,(H2,24,25,26,30). The van der Waals surface area contributed by atoms with Crippen molar-refractivity contribution in [3.63, 3.8) is 0 Å². The normalized spacial score (nSPS) is 11.1. The fourth-order valence-electron chi connectivity index (χ4n) is 3.05. The summed E-state index contributed by atoms with van der Waals surface area (Å²) in [6, 6.07) is 7.54. The Morgan fingerprint density at radius 3 is 2.74 bits per heavy atom. The zero-order chi connectivity index (χ0) is 22.2. The Balaban J connectivity index is 1.46. The first-order chi connectivity index (χ1) is 14.9. The van der Waals surface area contributed by atoms with E-state index in [0.717, 1.165) is 29.3 Å². The van der Waals surface area contributed by atoms with Crippen molar-refractivity contribution in [2.24, 2.45) is 7.05 Å². The lowest BCUT2D eigenvalue weighted by Crippen LogP contribution is -2.19. The third-order valence-electron chi connectivity index (χ3n) is 4.60. The number of anilines is 1. The summed E-state index contributed by atoms with van der Waals surface area (Å²) >= 11 is 1.77. The van der Waals surface area contributed by atoms with E-state index >= 15 is 0 Å². The Labute approximate surface area is 185 Å². The molecule has 8 nitrogen and oxygen atoms in total. The molecule has 3 rings (SSSR count). The van der Waals surface area contributed by atoms with Gasteiger partial charge in [0.2, 0.25) is 5.95 Å². The molecule has 0 aliphatic rings. The molecule has 0 aliphatic carbocycles. The van der Waals surface area contributed by atoms with Crippen LogP contribution in [0, 0.1) is 0 Å². The average molecular weight is 441 g/mol. The first-order valence-corrected chi connectivity index (χ1v) is 11.2. The maximum atomic E-state index is 12.3. The number of aromatic amines is 1. The van der Waals surface area contributed by atoms with Gasteiger partial charge in [0.25, 0.3) is 11.1 Å². The van der Waals surface area contributed by atoms with Crippen molar-refractivity contribution in [1.82, 2.24) is 24.4 Å². The summed E-state index contributed by atoms with van der Waals surface area (Å²) in [5, 5.41) is 3.15. The fraction of sp³-hybridized carbons (Fsp3) is 0.364. The first-order valence-electron chi connectivity index (χ1n) is 10.0. The van der Waals surface area contributed by atoms with Crippen LogP contribution in [0.15, 0.2) is 52.4 Å². The topological polar surface area (TPSA) is 95.9 Å². The van der Waals surface area contributed by atoms with Crippen molar-refractivity contribution >= 4 is 17.7 Å². The number of pyridine rings is 2. The van der Waals surface area contributed by atoms with Crippen molar-refractivity contribution in [3.05, 3.63) is 85.9 Å². The molecule has 2 N–H and O–H groups in total. The highest BCUT2D eigenvalue weighted by atomic mass is 32.2. The molecule has 0 unspecified atom stereocenters. The molecule has 0 saturated carbocycles. The van der Waals surface area contributed by atoms with Crippen LogP contribution in [0.2, 0.25) is 0 Å². The van der Waals surface area contributed by atoms with Crippen molar-refractivity contribution < 1.29 is 0 Å². The van der Waals surface area contributed by atoms with Crippen molar-refractivity contribution in [3.8, 4) is 0 Å². The molecule has 164 valence electrons. The molecule has 0 aliphatic heterocycles. The van der Waals surface area contributed by atoms with E-state index in [-0.39, 0.29) is 11.1 Å². The van der Waals surface area contributed by atoms with E-state index in [0.29, 0.717) is 24.5 Å². The van der Waals surface area contributed by atoms with Gasteiger partial charge in [0.05, 0.1) is 5.69 Å². The minimum atomic E-state index is -0.201. The van der Waals surface area contributed by atoms with Crippen LogP contribution in [0.25, 0.3) is 0 Å². The van der Waals surface area contributed by atoms with Crippen molar-refractivity contribution in [2.75, 3.05) is 31.7 Å². The molecule has 0 fully saturated rings. The van der Waals surface area contributed by atoms with Crippen LogP contribution in [-0.4, -0.2) is 50.8 Å². The lowest BCUT2D eigenvalue weighted by atomic mass is 10.1. The monoisotopic (exact) mass is 440 g/mol. The zero-order valence-corrected chi connectivity index (χ0v) is 18.9. The second-order valence-corrected chi connectivity index (χ2v) is 8.72. The van der Waals surface area contributed by atoms with Crippen LogP contribution in [-0.2, 0) is 25.8 Å². The van der Waals surface area contributed by atoms with Gasteiger partial charge in [-0.1, -0.05) is 0 Å². The number of nitrogens with one attached hydrogen (secondary N) is 2. The van der Waals surface area contributed by atoms with Gasteiger partial charge < -0.3 is 14.8 Å². The van der Waals surface area contributed by atoms with Crippen LogP contribution in [0.3, 0.4) is 0 Å². The van der Waals surface area contributed by atoms with Crippen LogP contribution in [0.1, 0.15) is 22.4 Å². The van der Waals surface area contributed by atoms with Crippen LogP contribution < -0.4 is 16.4 Å².